The molecular formula is C10H12. The summed E-state index contributed by atoms with van der Waals surface area (Å²) in [6, 6.07) is 0. The van der Waals surface area contributed by atoms with Gasteiger partial charge in [0.1, 0.15) is 0 Å². The summed E-state index contributed by atoms with van der Waals surface area (Å²) >= 11 is 0. The first-order valence-corrected chi connectivity index (χ1v) is 3.15. The summed E-state index contributed by atoms with van der Waals surface area (Å²) in [4.78, 5) is 0. The molecule has 0 heterocycles. The van der Waals surface area contributed by atoms with Gasteiger partial charge in [-0.2, -0.15) is 0 Å². The maximum Gasteiger partial charge on any atom is 0.0236 e. The van der Waals surface area contributed by atoms with E-state index in [0.717, 1.165) is 5.57 Å². The Morgan fingerprint density at radius 3 is 2.30 bits per heavy atom. The fraction of sp³-hybridized carbons (Fsp3) is 0.200. The van der Waals surface area contributed by atoms with Crippen LogP contribution in [-0.2, 0) is 0 Å². The molecule has 52 valence electrons. The second kappa shape index (κ2) is 4.64. The van der Waals surface area contributed by atoms with Crippen LogP contribution in [0.15, 0.2) is 36.0 Å². The number of allylic oxidation sites excluding steroid dienone is 5. The van der Waals surface area contributed by atoms with Crippen LogP contribution in [0.3, 0.4) is 0 Å². The third-order valence-corrected chi connectivity index (χ3v) is 0.983. The van der Waals surface area contributed by atoms with Crippen LogP contribution in [0.25, 0.3) is 0 Å². The van der Waals surface area contributed by atoms with Gasteiger partial charge in [-0.25, -0.2) is 0 Å². The zero-order valence-electron chi connectivity index (χ0n) is 6.52. The highest BCUT2D eigenvalue weighted by molar-refractivity contribution is 5.37. The van der Waals surface area contributed by atoms with Gasteiger partial charge in [-0.05, 0) is 19.9 Å². The molecule has 0 spiro atoms. The van der Waals surface area contributed by atoms with Crippen molar-refractivity contribution < 1.29 is 0 Å². The van der Waals surface area contributed by atoms with Crippen molar-refractivity contribution in [1.29, 1.82) is 0 Å². The van der Waals surface area contributed by atoms with E-state index in [-0.39, 0.29) is 0 Å². The van der Waals surface area contributed by atoms with Gasteiger partial charge in [0.15, 0.2) is 0 Å². The lowest BCUT2D eigenvalue weighted by Crippen LogP contribution is -1.68. The maximum atomic E-state index is 5.15. The van der Waals surface area contributed by atoms with Crippen molar-refractivity contribution >= 4 is 0 Å². The van der Waals surface area contributed by atoms with Gasteiger partial charge in [0.25, 0.3) is 0 Å². The smallest absolute Gasteiger partial charge is 0.0236 e. The van der Waals surface area contributed by atoms with Crippen molar-refractivity contribution in [2.75, 3.05) is 0 Å². The summed E-state index contributed by atoms with van der Waals surface area (Å²) in [7, 11) is 0. The van der Waals surface area contributed by atoms with Gasteiger partial charge in [0, 0.05) is 5.57 Å². The lowest BCUT2D eigenvalue weighted by Gasteiger charge is -1.85. The maximum absolute atomic E-state index is 5.15. The van der Waals surface area contributed by atoms with Crippen LogP contribution in [0.1, 0.15) is 13.8 Å². The number of hydrogen-bond acceptors (Lipinski definition) is 0. The van der Waals surface area contributed by atoms with Crippen LogP contribution in [-0.4, -0.2) is 0 Å². The third kappa shape index (κ3) is 3.74. The lowest BCUT2D eigenvalue weighted by atomic mass is 10.2. The topological polar surface area (TPSA) is 0 Å². The fourth-order valence-corrected chi connectivity index (χ4v) is 0.432. The van der Waals surface area contributed by atoms with Gasteiger partial charge in [-0.1, -0.05) is 30.2 Å². The number of rotatable bonds is 2. The zero-order valence-corrected chi connectivity index (χ0v) is 6.52. The van der Waals surface area contributed by atoms with Gasteiger partial charge in [-0.3, -0.25) is 0 Å². The van der Waals surface area contributed by atoms with Crippen LogP contribution >= 0.6 is 0 Å². The summed E-state index contributed by atoms with van der Waals surface area (Å²) in [5, 5.41) is 0. The highest BCUT2D eigenvalue weighted by atomic mass is 13.8. The van der Waals surface area contributed by atoms with Crippen LogP contribution in [0, 0.1) is 12.3 Å². The van der Waals surface area contributed by atoms with Crippen molar-refractivity contribution in [3.8, 4) is 12.3 Å². The lowest BCUT2D eigenvalue weighted by molar-refractivity contribution is 1.39. The van der Waals surface area contributed by atoms with Crippen LogP contribution in [0.5, 0.6) is 0 Å². The molecule has 0 aromatic rings. The molecule has 0 aliphatic heterocycles. The van der Waals surface area contributed by atoms with E-state index in [0.29, 0.717) is 0 Å². The fourth-order valence-electron chi connectivity index (χ4n) is 0.432. The predicted octanol–water partition coefficient (Wildman–Crippen LogP) is 2.70. The van der Waals surface area contributed by atoms with Gasteiger partial charge in [0.05, 0.1) is 0 Å². The molecule has 0 nitrogen and oxygen atoms in total. The molecule has 0 radical (unpaired) electrons. The van der Waals surface area contributed by atoms with E-state index in [1.165, 1.54) is 5.57 Å². The Morgan fingerprint density at radius 1 is 1.40 bits per heavy atom. The standard InChI is InChI=1S/C10H12/c1-5-10(6-2)8-7-9(3)4/h1,6-8H,2H2,3-4H3/b10-8-. The Kier molecular flexibility index (Phi) is 4.07. The molecule has 0 aromatic carbocycles. The van der Waals surface area contributed by atoms with Crippen molar-refractivity contribution in [1.82, 2.24) is 0 Å². The molecule has 0 amide bonds. The van der Waals surface area contributed by atoms with Crippen molar-refractivity contribution in [3.63, 3.8) is 0 Å². The molecule has 0 aliphatic rings. The molecule has 0 heteroatoms. The molecule has 0 bridgehead atoms. The van der Waals surface area contributed by atoms with E-state index in [2.05, 4.69) is 12.5 Å². The van der Waals surface area contributed by atoms with Crippen LogP contribution in [0.2, 0.25) is 0 Å². The molecule has 0 aromatic heterocycles. The Labute approximate surface area is 63.0 Å². The first kappa shape index (κ1) is 8.78. The minimum atomic E-state index is 0.821. The summed E-state index contributed by atoms with van der Waals surface area (Å²) in [6.07, 6.45) is 10.7. The van der Waals surface area contributed by atoms with E-state index < -0.39 is 0 Å². The van der Waals surface area contributed by atoms with E-state index in [4.69, 9.17) is 6.42 Å². The molecule has 0 aliphatic carbocycles. The van der Waals surface area contributed by atoms with Crippen molar-refractivity contribution in [2.45, 2.75) is 13.8 Å². The molecule has 10 heavy (non-hydrogen) atoms. The van der Waals surface area contributed by atoms with E-state index in [9.17, 15) is 0 Å². The highest BCUT2D eigenvalue weighted by Crippen LogP contribution is 1.96. The Balaban J connectivity index is 4.31. The molecular weight excluding hydrogens is 120 g/mol. The van der Waals surface area contributed by atoms with E-state index in [1.54, 1.807) is 6.08 Å². The summed E-state index contributed by atoms with van der Waals surface area (Å²) in [5.74, 6) is 2.51. The zero-order chi connectivity index (χ0) is 7.98. The first-order chi connectivity index (χ1) is 4.70. The summed E-state index contributed by atoms with van der Waals surface area (Å²) < 4.78 is 0. The van der Waals surface area contributed by atoms with Crippen molar-refractivity contribution in [2.24, 2.45) is 0 Å². The largest absolute Gasteiger partial charge is 0.115 e. The van der Waals surface area contributed by atoms with Gasteiger partial charge in [-0.15, -0.1) is 6.42 Å². The quantitative estimate of drug-likeness (QED) is 0.400. The molecule has 0 fully saturated rings. The first-order valence-electron chi connectivity index (χ1n) is 3.15. The van der Waals surface area contributed by atoms with Gasteiger partial charge < -0.3 is 0 Å². The average Bonchev–Trinajstić information content (AvgIpc) is 1.90. The average molecular weight is 132 g/mol. The number of hydrogen-bond donors (Lipinski definition) is 0. The third-order valence-electron chi connectivity index (χ3n) is 0.983. The predicted molar refractivity (Wildman–Crippen MR) is 46.5 cm³/mol. The highest BCUT2D eigenvalue weighted by Gasteiger charge is 1.78. The van der Waals surface area contributed by atoms with Crippen LogP contribution < -0.4 is 0 Å². The Hall–Kier alpha value is -1.22. The normalized spacial score (nSPS) is 9.90. The molecule has 0 saturated heterocycles. The molecule has 0 unspecified atom stereocenters. The molecule has 0 atom stereocenters. The summed E-state index contributed by atoms with van der Waals surface area (Å²) in [6.45, 7) is 7.61. The molecule has 0 rings (SSSR count). The Bertz CT molecular complexity index is 205. The summed E-state index contributed by atoms with van der Waals surface area (Å²) in [5.41, 5.74) is 2.05. The van der Waals surface area contributed by atoms with E-state index >= 15 is 0 Å². The Morgan fingerprint density at radius 2 is 2.00 bits per heavy atom. The second-order valence-electron chi connectivity index (χ2n) is 2.21. The molecule has 0 saturated carbocycles. The van der Waals surface area contributed by atoms with Crippen molar-refractivity contribution in [3.05, 3.63) is 36.0 Å². The van der Waals surface area contributed by atoms with E-state index in [1.807, 2.05) is 26.0 Å². The van der Waals surface area contributed by atoms with Crippen LogP contribution in [0.4, 0.5) is 0 Å². The van der Waals surface area contributed by atoms with Gasteiger partial charge >= 0.3 is 0 Å². The minimum absolute atomic E-state index is 0.821. The molecule has 0 N–H and O–H groups in total. The number of terminal acetylenes is 1. The SMILES string of the molecule is C#C/C(C=C)=C/C=C(C)C. The van der Waals surface area contributed by atoms with Gasteiger partial charge in [0.2, 0.25) is 0 Å². The monoisotopic (exact) mass is 132 g/mol. The second-order valence-corrected chi connectivity index (χ2v) is 2.21. The minimum Gasteiger partial charge on any atom is -0.115 e.